The molecule has 0 bridgehead atoms. The summed E-state index contributed by atoms with van der Waals surface area (Å²) in [6.07, 6.45) is 3.41. The molecule has 6 heteroatoms. The molecule has 18 heavy (non-hydrogen) atoms. The molecule has 0 aliphatic carbocycles. The largest absolute Gasteiger partial charge is 0.330 e. The molecule has 1 heterocycles. The molecule has 2 rings (SSSR count). The fourth-order valence-corrected chi connectivity index (χ4v) is 1.64. The highest BCUT2D eigenvalue weighted by atomic mass is 19.2. The first kappa shape index (κ1) is 12.6. The van der Waals surface area contributed by atoms with E-state index in [1.54, 1.807) is 10.9 Å². The maximum atomic E-state index is 13.0. The van der Waals surface area contributed by atoms with Crippen LogP contribution in [0.3, 0.4) is 0 Å². The van der Waals surface area contributed by atoms with Gasteiger partial charge in [0.1, 0.15) is 0 Å². The van der Waals surface area contributed by atoms with Gasteiger partial charge in [-0.2, -0.15) is 0 Å². The number of nitrogens with two attached hydrogens (primary N) is 1. The molecule has 0 unspecified atom stereocenters. The Morgan fingerprint density at radius 3 is 2.78 bits per heavy atom. The Morgan fingerprint density at radius 1 is 1.22 bits per heavy atom. The summed E-state index contributed by atoms with van der Waals surface area (Å²) < 4.78 is 27.4. The summed E-state index contributed by atoms with van der Waals surface area (Å²) in [7, 11) is 0. The van der Waals surface area contributed by atoms with Crippen molar-refractivity contribution < 1.29 is 8.78 Å². The van der Waals surface area contributed by atoms with Crippen LogP contribution in [0, 0.1) is 11.6 Å². The lowest BCUT2D eigenvalue weighted by atomic mass is 10.2. The van der Waals surface area contributed by atoms with E-state index >= 15 is 0 Å². The molecule has 96 valence electrons. The first-order valence-corrected chi connectivity index (χ1v) is 5.72. The molecule has 2 N–H and O–H groups in total. The molecule has 0 spiro atoms. The highest BCUT2D eigenvalue weighted by molar-refractivity contribution is 5.18. The maximum absolute atomic E-state index is 13.0. The third kappa shape index (κ3) is 3.10. The van der Waals surface area contributed by atoms with Gasteiger partial charge in [-0.3, -0.25) is 0 Å². The second-order valence-electron chi connectivity index (χ2n) is 4.05. The predicted octanol–water partition coefficient (Wildman–Crippen LogP) is 1.50. The van der Waals surface area contributed by atoms with E-state index in [9.17, 15) is 8.78 Å². The van der Waals surface area contributed by atoms with Gasteiger partial charge < -0.3 is 5.73 Å². The summed E-state index contributed by atoms with van der Waals surface area (Å²) in [4.78, 5) is 0. The molecule has 1 aromatic heterocycles. The van der Waals surface area contributed by atoms with Crippen molar-refractivity contribution in [2.45, 2.75) is 19.4 Å². The zero-order valence-electron chi connectivity index (χ0n) is 9.81. The molecule has 0 aliphatic heterocycles. The highest BCUT2D eigenvalue weighted by Gasteiger charge is 2.05. The van der Waals surface area contributed by atoms with Crippen LogP contribution in [0.15, 0.2) is 24.4 Å². The molecule has 0 aliphatic rings. The number of benzene rings is 1. The number of nitrogens with zero attached hydrogens (tertiary/aromatic N) is 3. The number of halogens is 2. The smallest absolute Gasteiger partial charge is 0.159 e. The average molecular weight is 252 g/mol. The zero-order chi connectivity index (χ0) is 13.0. The number of hydrogen-bond acceptors (Lipinski definition) is 3. The van der Waals surface area contributed by atoms with Crippen LogP contribution in [-0.4, -0.2) is 21.5 Å². The van der Waals surface area contributed by atoms with E-state index in [-0.39, 0.29) is 0 Å². The van der Waals surface area contributed by atoms with Crippen LogP contribution in [0.2, 0.25) is 0 Å². The Labute approximate surface area is 103 Å². The van der Waals surface area contributed by atoms with Crippen molar-refractivity contribution in [1.29, 1.82) is 0 Å². The monoisotopic (exact) mass is 252 g/mol. The van der Waals surface area contributed by atoms with E-state index in [0.717, 1.165) is 30.7 Å². The molecular weight excluding hydrogens is 238 g/mol. The summed E-state index contributed by atoms with van der Waals surface area (Å²) in [6, 6.07) is 3.80. The lowest BCUT2D eigenvalue weighted by molar-refractivity contribution is 0.505. The zero-order valence-corrected chi connectivity index (χ0v) is 9.81. The molecule has 2 aromatic rings. The number of hydrogen-bond donors (Lipinski definition) is 1. The second-order valence-corrected chi connectivity index (χ2v) is 4.05. The van der Waals surface area contributed by atoms with Crippen LogP contribution < -0.4 is 5.73 Å². The molecule has 0 saturated carbocycles. The fourth-order valence-electron chi connectivity index (χ4n) is 1.64. The SMILES string of the molecule is NCCCc1cn(Cc2ccc(F)c(F)c2)nn1. The maximum Gasteiger partial charge on any atom is 0.159 e. The van der Waals surface area contributed by atoms with Gasteiger partial charge in [-0.05, 0) is 37.1 Å². The van der Waals surface area contributed by atoms with E-state index in [1.807, 2.05) is 0 Å². The molecule has 0 saturated heterocycles. The van der Waals surface area contributed by atoms with E-state index in [0.29, 0.717) is 18.7 Å². The van der Waals surface area contributed by atoms with E-state index in [2.05, 4.69) is 10.3 Å². The summed E-state index contributed by atoms with van der Waals surface area (Å²) in [5.41, 5.74) is 6.90. The lowest BCUT2D eigenvalue weighted by Gasteiger charge is -2.01. The molecule has 0 fully saturated rings. The third-order valence-electron chi connectivity index (χ3n) is 2.55. The van der Waals surface area contributed by atoms with Crippen molar-refractivity contribution in [2.75, 3.05) is 6.54 Å². The molecule has 0 amide bonds. The van der Waals surface area contributed by atoms with Crippen LogP contribution in [0.5, 0.6) is 0 Å². The highest BCUT2D eigenvalue weighted by Crippen LogP contribution is 2.10. The number of aromatic nitrogens is 3. The molecule has 0 radical (unpaired) electrons. The Hall–Kier alpha value is -1.82. The van der Waals surface area contributed by atoms with E-state index in [1.165, 1.54) is 6.07 Å². The summed E-state index contributed by atoms with van der Waals surface area (Å²) in [5, 5.41) is 7.91. The second kappa shape index (κ2) is 5.68. The first-order valence-electron chi connectivity index (χ1n) is 5.72. The molecule has 0 atom stereocenters. The van der Waals surface area contributed by atoms with Crippen molar-refractivity contribution in [3.8, 4) is 0 Å². The van der Waals surface area contributed by atoms with Gasteiger partial charge in [-0.1, -0.05) is 11.3 Å². The fraction of sp³-hybridized carbons (Fsp3) is 0.333. The van der Waals surface area contributed by atoms with Gasteiger partial charge in [0.15, 0.2) is 11.6 Å². The van der Waals surface area contributed by atoms with Crippen LogP contribution >= 0.6 is 0 Å². The van der Waals surface area contributed by atoms with Crippen molar-refractivity contribution >= 4 is 0 Å². The predicted molar refractivity (Wildman–Crippen MR) is 62.9 cm³/mol. The molecule has 4 nitrogen and oxygen atoms in total. The van der Waals surface area contributed by atoms with Gasteiger partial charge in [0.2, 0.25) is 0 Å². The Balaban J connectivity index is 2.04. The number of aryl methyl sites for hydroxylation is 1. The van der Waals surface area contributed by atoms with Crippen LogP contribution in [0.25, 0.3) is 0 Å². The minimum absolute atomic E-state index is 0.368. The Kier molecular flexibility index (Phi) is 3.99. The van der Waals surface area contributed by atoms with E-state index < -0.39 is 11.6 Å². The normalized spacial score (nSPS) is 10.8. The Morgan fingerprint density at radius 2 is 2.06 bits per heavy atom. The molecule has 1 aromatic carbocycles. The van der Waals surface area contributed by atoms with Crippen molar-refractivity contribution in [3.63, 3.8) is 0 Å². The quantitative estimate of drug-likeness (QED) is 0.877. The first-order chi connectivity index (χ1) is 8.69. The molecular formula is C12H14F2N4. The van der Waals surface area contributed by atoms with E-state index in [4.69, 9.17) is 5.73 Å². The van der Waals surface area contributed by atoms with Crippen molar-refractivity contribution in [2.24, 2.45) is 5.73 Å². The van der Waals surface area contributed by atoms with Gasteiger partial charge in [0, 0.05) is 6.20 Å². The average Bonchev–Trinajstić information content (AvgIpc) is 2.79. The third-order valence-corrected chi connectivity index (χ3v) is 2.55. The van der Waals surface area contributed by atoms with Crippen LogP contribution in [0.1, 0.15) is 17.7 Å². The minimum Gasteiger partial charge on any atom is -0.330 e. The summed E-state index contributed by atoms with van der Waals surface area (Å²) >= 11 is 0. The number of rotatable bonds is 5. The standard InChI is InChI=1S/C12H14F2N4/c13-11-4-3-9(6-12(11)14)7-18-8-10(16-17-18)2-1-5-15/h3-4,6,8H,1-2,5,7,15H2. The van der Waals surface area contributed by atoms with Gasteiger partial charge in [-0.25, -0.2) is 13.5 Å². The van der Waals surface area contributed by atoms with Gasteiger partial charge in [0.05, 0.1) is 12.2 Å². The lowest BCUT2D eigenvalue weighted by Crippen LogP contribution is -2.01. The van der Waals surface area contributed by atoms with Crippen molar-refractivity contribution in [1.82, 2.24) is 15.0 Å². The van der Waals surface area contributed by atoms with Gasteiger partial charge in [0.25, 0.3) is 0 Å². The van der Waals surface area contributed by atoms with Gasteiger partial charge in [-0.15, -0.1) is 5.10 Å². The topological polar surface area (TPSA) is 56.7 Å². The van der Waals surface area contributed by atoms with Crippen molar-refractivity contribution in [3.05, 3.63) is 47.3 Å². The summed E-state index contributed by atoms with van der Waals surface area (Å²) in [6.45, 7) is 0.975. The van der Waals surface area contributed by atoms with Crippen LogP contribution in [-0.2, 0) is 13.0 Å². The minimum atomic E-state index is -0.851. The Bertz CT molecular complexity index is 525. The van der Waals surface area contributed by atoms with Crippen LogP contribution in [0.4, 0.5) is 8.78 Å². The summed E-state index contributed by atoms with van der Waals surface area (Å²) in [5.74, 6) is -1.70. The van der Waals surface area contributed by atoms with Gasteiger partial charge >= 0.3 is 0 Å².